The van der Waals surface area contributed by atoms with Gasteiger partial charge in [-0.2, -0.15) is 0 Å². The number of nitrogens with one attached hydrogen (secondary N) is 2. The summed E-state index contributed by atoms with van der Waals surface area (Å²) in [6.07, 6.45) is 3.25. The lowest BCUT2D eigenvalue weighted by Gasteiger charge is -2.33. The van der Waals surface area contributed by atoms with Gasteiger partial charge in [-0.25, -0.2) is 19.2 Å². The average Bonchev–Trinajstić information content (AvgIpc) is 3.53. The van der Waals surface area contributed by atoms with Crippen LogP contribution in [-0.2, 0) is 13.6 Å². The third-order valence-corrected chi connectivity index (χ3v) is 9.09. The number of aromatic nitrogens is 6. The maximum absolute atomic E-state index is 14.3. The predicted molar refractivity (Wildman–Crippen MR) is 170 cm³/mol. The van der Waals surface area contributed by atoms with Gasteiger partial charge in [0.15, 0.2) is 11.5 Å². The highest BCUT2D eigenvalue weighted by Gasteiger charge is 2.30. The topological polar surface area (TPSA) is 140 Å². The largest absolute Gasteiger partial charge is 0.494 e. The first-order valence-electron chi connectivity index (χ1n) is 15.2. The molecule has 0 spiro atoms. The number of rotatable bonds is 6. The van der Waals surface area contributed by atoms with E-state index >= 15 is 0 Å². The van der Waals surface area contributed by atoms with Crippen LogP contribution in [0.4, 0.5) is 4.39 Å². The maximum Gasteiger partial charge on any atom is 0.325 e. The molecule has 2 fully saturated rings. The lowest BCUT2D eigenvalue weighted by atomic mass is 10.0. The second kappa shape index (κ2) is 10.3. The Morgan fingerprint density at radius 3 is 2.73 bits per heavy atom. The Hall–Kier alpha value is -4.97. The summed E-state index contributed by atoms with van der Waals surface area (Å²) in [5.74, 6) is 1.58. The molecule has 4 N–H and O–H groups in total. The lowest BCUT2D eigenvalue weighted by Crippen LogP contribution is -2.50. The van der Waals surface area contributed by atoms with Gasteiger partial charge in [0.1, 0.15) is 17.4 Å². The number of fused-ring (bicyclic) bond motifs is 3. The maximum atomic E-state index is 14.3. The van der Waals surface area contributed by atoms with Crippen LogP contribution < -0.4 is 16.2 Å². The van der Waals surface area contributed by atoms with E-state index in [1.54, 1.807) is 25.4 Å². The van der Waals surface area contributed by atoms with Gasteiger partial charge in [0.25, 0.3) is 5.91 Å². The third-order valence-electron chi connectivity index (χ3n) is 9.09. The number of nitrogens with two attached hydrogens (primary N) is 1. The summed E-state index contributed by atoms with van der Waals surface area (Å²) in [7, 11) is 3.53. The number of carbonyl (C=O) groups excluding carboxylic acids is 1. The van der Waals surface area contributed by atoms with Gasteiger partial charge in [-0.3, -0.25) is 9.78 Å². The zero-order chi connectivity index (χ0) is 31.0. The summed E-state index contributed by atoms with van der Waals surface area (Å²) in [6, 6.07) is 13.5. The Morgan fingerprint density at radius 1 is 1.11 bits per heavy atom. The molecule has 4 aromatic heterocycles. The number of alkyl halides is 1. The van der Waals surface area contributed by atoms with Crippen LogP contribution >= 0.6 is 0 Å². The van der Waals surface area contributed by atoms with Crippen molar-refractivity contribution in [2.75, 3.05) is 20.2 Å². The molecule has 1 amide bonds. The van der Waals surface area contributed by atoms with E-state index in [1.807, 2.05) is 17.7 Å². The highest BCUT2D eigenvalue weighted by Crippen LogP contribution is 2.39. The Bertz CT molecular complexity index is 2180. The molecule has 1 saturated heterocycles. The number of carbonyl (C=O) groups is 1. The smallest absolute Gasteiger partial charge is 0.325 e. The number of ether oxygens (including phenoxy) is 1. The van der Waals surface area contributed by atoms with E-state index in [1.165, 1.54) is 17.7 Å². The molecule has 230 valence electrons. The molecule has 12 heteroatoms. The number of piperidine rings is 1. The third kappa shape index (κ3) is 4.76. The number of pyridine rings is 1. The zero-order valence-corrected chi connectivity index (χ0v) is 25.0. The molecular formula is C33H33FN8O3. The van der Waals surface area contributed by atoms with Crippen molar-refractivity contribution < 1.29 is 13.9 Å². The quantitative estimate of drug-likeness (QED) is 0.257. The van der Waals surface area contributed by atoms with Gasteiger partial charge in [-0.1, -0.05) is 12.1 Å². The van der Waals surface area contributed by atoms with Crippen molar-refractivity contribution in [2.24, 2.45) is 18.7 Å². The van der Waals surface area contributed by atoms with Gasteiger partial charge in [0.05, 0.1) is 30.4 Å². The molecule has 11 nitrogen and oxygen atoms in total. The second-order valence-electron chi connectivity index (χ2n) is 12.4. The van der Waals surface area contributed by atoms with Crippen molar-refractivity contribution in [3.05, 3.63) is 64.7 Å². The molecule has 1 saturated carbocycles. The Balaban J connectivity index is 1.24. The summed E-state index contributed by atoms with van der Waals surface area (Å²) >= 11 is 0. The molecule has 0 unspecified atom stereocenters. The highest BCUT2D eigenvalue weighted by molar-refractivity contribution is 6.00. The molecule has 2 aromatic carbocycles. The van der Waals surface area contributed by atoms with Crippen LogP contribution in [0.1, 0.15) is 29.6 Å². The van der Waals surface area contributed by atoms with Gasteiger partial charge in [0.2, 0.25) is 0 Å². The summed E-state index contributed by atoms with van der Waals surface area (Å²) in [6.45, 7) is 1.19. The molecule has 2 aliphatic rings. The minimum absolute atomic E-state index is 0.0245. The van der Waals surface area contributed by atoms with Gasteiger partial charge in [-0.05, 0) is 61.1 Å². The minimum atomic E-state index is -1.14. The van der Waals surface area contributed by atoms with Crippen LogP contribution in [0.2, 0.25) is 0 Å². The van der Waals surface area contributed by atoms with E-state index in [0.29, 0.717) is 40.5 Å². The zero-order valence-electron chi connectivity index (χ0n) is 25.0. The molecular weight excluding hydrogens is 575 g/mol. The van der Waals surface area contributed by atoms with Crippen molar-refractivity contribution >= 4 is 39.0 Å². The fraction of sp³-hybridized carbons (Fsp3) is 0.333. The Kier molecular flexibility index (Phi) is 6.31. The number of halogens is 1. The Labute approximate surface area is 256 Å². The van der Waals surface area contributed by atoms with E-state index in [4.69, 9.17) is 15.5 Å². The van der Waals surface area contributed by atoms with Crippen molar-refractivity contribution in [1.29, 1.82) is 0 Å². The number of aryl methyl sites for hydroxylation is 1. The van der Waals surface area contributed by atoms with Crippen LogP contribution in [-0.4, -0.2) is 72.3 Å². The molecule has 0 radical (unpaired) electrons. The normalized spacial score (nSPS) is 18.8. The van der Waals surface area contributed by atoms with Gasteiger partial charge >= 0.3 is 5.69 Å². The second-order valence-corrected chi connectivity index (χ2v) is 12.4. The van der Waals surface area contributed by atoms with E-state index in [2.05, 4.69) is 43.8 Å². The van der Waals surface area contributed by atoms with Crippen LogP contribution in [0.25, 0.3) is 55.7 Å². The summed E-state index contributed by atoms with van der Waals surface area (Å²) < 4.78 is 24.4. The van der Waals surface area contributed by atoms with Crippen molar-refractivity contribution in [1.82, 2.24) is 34.0 Å². The van der Waals surface area contributed by atoms with Gasteiger partial charge < -0.3 is 29.5 Å². The summed E-state index contributed by atoms with van der Waals surface area (Å²) in [5.41, 5.74) is 12.6. The number of hydrogen-bond donors (Lipinski definition) is 3. The van der Waals surface area contributed by atoms with E-state index < -0.39 is 12.2 Å². The van der Waals surface area contributed by atoms with Crippen LogP contribution in [0.3, 0.4) is 0 Å². The molecule has 8 rings (SSSR count). The number of methoxy groups -OCH3 is 1. The first-order valence-corrected chi connectivity index (χ1v) is 15.2. The van der Waals surface area contributed by atoms with Crippen LogP contribution in [0.5, 0.6) is 5.75 Å². The van der Waals surface area contributed by atoms with Gasteiger partial charge in [-0.15, -0.1) is 0 Å². The standard InChI is InChI=1S/C33H33FN8O3/c1-40-29-24(7-20(11-28(29)45-2)32(43)41-15-22(34)12-23(35)16-41)37-31(40)27-10-19-6-5-18(9-26(19)42(27)14-17-3-4-17)21-8-25-30(36-13-21)39-33(44)38-25/h5-11,13,17,22-23H,3-4,12,14-16,35H2,1-2H3,(H2,36,38,39,44)/t22-,23-/m1/s1. The Morgan fingerprint density at radius 2 is 1.96 bits per heavy atom. The molecule has 5 heterocycles. The van der Waals surface area contributed by atoms with E-state index in [-0.39, 0.29) is 24.6 Å². The molecule has 45 heavy (non-hydrogen) atoms. The SMILES string of the molecule is COc1cc(C(=O)N2C[C@H](N)C[C@@H](F)C2)cc2nc(-c3cc4ccc(-c5cnc6[nH]c(=O)[nH]c6c5)cc4n3CC3CC3)n(C)c12. The lowest BCUT2D eigenvalue weighted by molar-refractivity contribution is 0.0606. The molecule has 0 bridgehead atoms. The highest BCUT2D eigenvalue weighted by atomic mass is 19.1. The molecule has 2 atom stereocenters. The number of likely N-dealkylation sites (tertiary alicyclic amines) is 1. The fourth-order valence-corrected chi connectivity index (χ4v) is 6.69. The van der Waals surface area contributed by atoms with Crippen molar-refractivity contribution in [3.8, 4) is 28.4 Å². The summed E-state index contributed by atoms with van der Waals surface area (Å²) in [4.78, 5) is 41.7. The number of amides is 1. The minimum Gasteiger partial charge on any atom is -0.494 e. The first-order chi connectivity index (χ1) is 21.7. The number of benzene rings is 2. The van der Waals surface area contributed by atoms with E-state index in [0.717, 1.165) is 45.6 Å². The molecule has 1 aliphatic carbocycles. The molecule has 1 aliphatic heterocycles. The van der Waals surface area contributed by atoms with Crippen molar-refractivity contribution in [3.63, 3.8) is 0 Å². The first kappa shape index (κ1) is 27.6. The number of hydrogen-bond acceptors (Lipinski definition) is 6. The number of nitrogens with zero attached hydrogens (tertiary/aromatic N) is 5. The summed E-state index contributed by atoms with van der Waals surface area (Å²) in [5, 5.41) is 1.08. The fourth-order valence-electron chi connectivity index (χ4n) is 6.69. The monoisotopic (exact) mass is 608 g/mol. The van der Waals surface area contributed by atoms with Crippen LogP contribution in [0.15, 0.2) is 53.5 Å². The number of aromatic amines is 2. The number of H-pyrrole nitrogens is 2. The predicted octanol–water partition coefficient (Wildman–Crippen LogP) is 4.36. The van der Waals surface area contributed by atoms with E-state index in [9.17, 15) is 14.0 Å². The van der Waals surface area contributed by atoms with Gasteiger partial charge in [0, 0.05) is 54.4 Å². The average molecular weight is 609 g/mol. The molecule has 6 aromatic rings. The van der Waals surface area contributed by atoms with Crippen LogP contribution in [0, 0.1) is 5.92 Å². The van der Waals surface area contributed by atoms with Crippen molar-refractivity contribution in [2.45, 2.75) is 38.0 Å². The number of imidazole rings is 2.